The Morgan fingerprint density at radius 3 is 2.50 bits per heavy atom. The van der Waals surface area contributed by atoms with Crippen LogP contribution in [0.3, 0.4) is 0 Å². The summed E-state index contributed by atoms with van der Waals surface area (Å²) in [4.78, 5) is 12.8. The third-order valence-electron chi connectivity index (χ3n) is 5.77. The van der Waals surface area contributed by atoms with E-state index < -0.39 is 6.10 Å². The number of aliphatic hydroxyl groups is 1. The highest BCUT2D eigenvalue weighted by Gasteiger charge is 2.25. The van der Waals surface area contributed by atoms with Gasteiger partial charge in [0, 0.05) is 23.4 Å². The van der Waals surface area contributed by atoms with Gasteiger partial charge >= 0.3 is 0 Å². The highest BCUT2D eigenvalue weighted by atomic mass is 16.5. The molecule has 5 nitrogen and oxygen atoms in total. The molecule has 3 aromatic rings. The number of pyridine rings is 1. The van der Waals surface area contributed by atoms with E-state index in [0.29, 0.717) is 12.4 Å². The summed E-state index contributed by atoms with van der Waals surface area (Å²) < 4.78 is 13.2. The number of ether oxygens (including phenoxy) is 2. The van der Waals surface area contributed by atoms with E-state index in [-0.39, 0.29) is 11.6 Å². The average Bonchev–Trinajstić information content (AvgIpc) is 2.78. The Morgan fingerprint density at radius 1 is 1.00 bits per heavy atom. The van der Waals surface area contributed by atoms with Crippen LogP contribution in [0.4, 0.5) is 0 Å². The highest BCUT2D eigenvalue weighted by molar-refractivity contribution is 5.69. The molecule has 30 heavy (non-hydrogen) atoms. The van der Waals surface area contributed by atoms with Crippen molar-refractivity contribution < 1.29 is 14.6 Å². The van der Waals surface area contributed by atoms with Crippen LogP contribution in [0.25, 0.3) is 11.1 Å². The molecule has 1 saturated carbocycles. The fourth-order valence-electron chi connectivity index (χ4n) is 4.16. The molecule has 0 radical (unpaired) electrons. The molecule has 5 heteroatoms. The summed E-state index contributed by atoms with van der Waals surface area (Å²) in [6, 6.07) is 18.9. The van der Waals surface area contributed by atoms with Crippen LogP contribution in [0.1, 0.15) is 37.3 Å². The topological polar surface area (TPSA) is 60.7 Å². The molecule has 1 aliphatic carbocycles. The molecule has 1 N–H and O–H groups in total. The molecule has 0 unspecified atom stereocenters. The van der Waals surface area contributed by atoms with Gasteiger partial charge in [0.25, 0.3) is 5.56 Å². The van der Waals surface area contributed by atoms with Crippen molar-refractivity contribution in [2.24, 2.45) is 0 Å². The van der Waals surface area contributed by atoms with Gasteiger partial charge in [-0.15, -0.1) is 0 Å². The van der Waals surface area contributed by atoms with Gasteiger partial charge in [0.15, 0.2) is 0 Å². The Morgan fingerprint density at radius 2 is 1.73 bits per heavy atom. The minimum Gasteiger partial charge on any atom is -0.496 e. The monoisotopic (exact) mass is 405 g/mol. The predicted octanol–water partition coefficient (Wildman–Crippen LogP) is 4.58. The third-order valence-corrected chi connectivity index (χ3v) is 5.77. The summed E-state index contributed by atoms with van der Waals surface area (Å²) in [6.45, 7) is 0.367. The largest absolute Gasteiger partial charge is 0.496 e. The van der Waals surface area contributed by atoms with Crippen molar-refractivity contribution in [3.63, 3.8) is 0 Å². The van der Waals surface area contributed by atoms with Crippen molar-refractivity contribution >= 4 is 0 Å². The average molecular weight is 405 g/mol. The summed E-state index contributed by atoms with van der Waals surface area (Å²) in [5.74, 6) is 1.49. The molecule has 1 aromatic heterocycles. The molecule has 1 heterocycles. The van der Waals surface area contributed by atoms with Crippen LogP contribution in [-0.2, 0) is 6.61 Å². The molecule has 1 fully saturated rings. The van der Waals surface area contributed by atoms with Crippen LogP contribution in [0.2, 0.25) is 0 Å². The molecular formula is C25H27NO4. The molecule has 156 valence electrons. The number of nitrogens with zero attached hydrogens (tertiary/aromatic N) is 1. The molecule has 0 aliphatic heterocycles. The molecule has 0 bridgehead atoms. The van der Waals surface area contributed by atoms with Crippen molar-refractivity contribution in [3.05, 3.63) is 82.8 Å². The van der Waals surface area contributed by atoms with Crippen LogP contribution in [0, 0.1) is 0 Å². The Labute approximate surface area is 176 Å². The van der Waals surface area contributed by atoms with Crippen LogP contribution in [0.5, 0.6) is 11.5 Å². The molecule has 4 rings (SSSR count). The minimum absolute atomic E-state index is 0.0991. The maximum absolute atomic E-state index is 12.8. The first kappa shape index (κ1) is 20.2. The van der Waals surface area contributed by atoms with Gasteiger partial charge in [-0.05, 0) is 36.6 Å². The lowest BCUT2D eigenvalue weighted by atomic mass is 9.92. The molecule has 0 amide bonds. The smallest absolute Gasteiger partial charge is 0.251 e. The lowest BCUT2D eigenvalue weighted by Crippen LogP contribution is -2.34. The zero-order valence-electron chi connectivity index (χ0n) is 17.2. The lowest BCUT2D eigenvalue weighted by molar-refractivity contribution is 0.0738. The lowest BCUT2D eigenvalue weighted by Gasteiger charge is -2.29. The van der Waals surface area contributed by atoms with Crippen LogP contribution in [0.15, 0.2) is 71.7 Å². The second kappa shape index (κ2) is 9.18. The third kappa shape index (κ3) is 4.26. The first-order valence-corrected chi connectivity index (χ1v) is 10.4. The molecule has 0 saturated heterocycles. The van der Waals surface area contributed by atoms with E-state index >= 15 is 0 Å². The molecule has 0 spiro atoms. The second-order valence-electron chi connectivity index (χ2n) is 7.68. The van der Waals surface area contributed by atoms with Crippen molar-refractivity contribution in [3.8, 4) is 22.6 Å². The summed E-state index contributed by atoms with van der Waals surface area (Å²) >= 11 is 0. The standard InChI is InChI=1S/C25H27NO4/c1-29-23-12-6-2-8-19(23)17-30-24-13-7-3-9-20(24)18-14-15-26(25(28)16-18)21-10-4-5-11-22(21)27/h2-3,6-9,12-16,21-22,27H,4-5,10-11,17H2,1H3/t21-,22-/m0/s1. The van der Waals surface area contributed by atoms with Crippen molar-refractivity contribution in [1.29, 1.82) is 0 Å². The van der Waals surface area contributed by atoms with Gasteiger partial charge in [0.1, 0.15) is 18.1 Å². The highest BCUT2D eigenvalue weighted by Crippen LogP contribution is 2.32. The summed E-state index contributed by atoms with van der Waals surface area (Å²) in [5.41, 5.74) is 2.52. The van der Waals surface area contributed by atoms with Gasteiger partial charge in [0.05, 0.1) is 19.3 Å². The molecular weight excluding hydrogens is 378 g/mol. The number of aliphatic hydroxyl groups excluding tert-OH is 1. The van der Waals surface area contributed by atoms with E-state index in [0.717, 1.165) is 48.1 Å². The van der Waals surface area contributed by atoms with Gasteiger partial charge in [0.2, 0.25) is 0 Å². The Hall–Kier alpha value is -3.05. The summed E-state index contributed by atoms with van der Waals surface area (Å²) in [7, 11) is 1.64. The van der Waals surface area contributed by atoms with E-state index in [1.807, 2.05) is 54.6 Å². The summed E-state index contributed by atoms with van der Waals surface area (Å²) in [6.07, 6.45) is 4.97. The number of aromatic nitrogens is 1. The van der Waals surface area contributed by atoms with Gasteiger partial charge in [-0.25, -0.2) is 0 Å². The number of benzene rings is 2. The van der Waals surface area contributed by atoms with E-state index in [4.69, 9.17) is 9.47 Å². The van der Waals surface area contributed by atoms with E-state index in [1.54, 1.807) is 23.9 Å². The number of hydrogen-bond donors (Lipinski definition) is 1. The zero-order valence-corrected chi connectivity index (χ0v) is 17.2. The molecule has 2 aromatic carbocycles. The van der Waals surface area contributed by atoms with Crippen molar-refractivity contribution in [1.82, 2.24) is 4.57 Å². The Balaban J connectivity index is 1.59. The summed E-state index contributed by atoms with van der Waals surface area (Å²) in [5, 5.41) is 10.3. The second-order valence-corrected chi connectivity index (χ2v) is 7.68. The Kier molecular flexibility index (Phi) is 6.19. The van der Waals surface area contributed by atoms with Gasteiger partial charge in [-0.3, -0.25) is 4.79 Å². The van der Waals surface area contributed by atoms with Gasteiger partial charge < -0.3 is 19.1 Å². The first-order valence-electron chi connectivity index (χ1n) is 10.4. The van der Waals surface area contributed by atoms with E-state index in [9.17, 15) is 9.90 Å². The van der Waals surface area contributed by atoms with Crippen LogP contribution < -0.4 is 15.0 Å². The fraction of sp³-hybridized carbons (Fsp3) is 0.320. The van der Waals surface area contributed by atoms with E-state index in [2.05, 4.69) is 0 Å². The van der Waals surface area contributed by atoms with Crippen LogP contribution >= 0.6 is 0 Å². The van der Waals surface area contributed by atoms with Crippen molar-refractivity contribution in [2.75, 3.05) is 7.11 Å². The maximum atomic E-state index is 12.8. The fourth-order valence-corrected chi connectivity index (χ4v) is 4.16. The van der Waals surface area contributed by atoms with E-state index in [1.165, 1.54) is 0 Å². The normalized spacial score (nSPS) is 18.7. The predicted molar refractivity (Wildman–Crippen MR) is 117 cm³/mol. The maximum Gasteiger partial charge on any atom is 0.251 e. The Bertz CT molecular complexity index is 1060. The van der Waals surface area contributed by atoms with Crippen molar-refractivity contribution in [2.45, 2.75) is 44.4 Å². The zero-order chi connectivity index (χ0) is 20.9. The SMILES string of the molecule is COc1ccccc1COc1ccccc1-c1ccn([C@H]2CCCC[C@@H]2O)c(=O)c1. The number of para-hydroxylation sites is 2. The van der Waals surface area contributed by atoms with Crippen LogP contribution in [-0.4, -0.2) is 22.9 Å². The number of methoxy groups -OCH3 is 1. The molecule has 2 atom stereocenters. The minimum atomic E-state index is -0.459. The van der Waals surface area contributed by atoms with Gasteiger partial charge in [-0.1, -0.05) is 49.2 Å². The van der Waals surface area contributed by atoms with Gasteiger partial charge in [-0.2, -0.15) is 0 Å². The molecule has 1 aliphatic rings. The quantitative estimate of drug-likeness (QED) is 0.652. The number of hydrogen-bond acceptors (Lipinski definition) is 4. The first-order chi connectivity index (χ1) is 14.7. The number of rotatable bonds is 6.